The Morgan fingerprint density at radius 3 is 2.50 bits per heavy atom. The van der Waals surface area contributed by atoms with Crippen molar-refractivity contribution in [2.24, 2.45) is 22.7 Å². The lowest BCUT2D eigenvalue weighted by molar-refractivity contribution is -0.00552. The summed E-state index contributed by atoms with van der Waals surface area (Å²) in [6, 6.07) is 2.95. The Hall–Kier alpha value is -1.35. The molecule has 4 heteroatoms. The molecule has 0 heterocycles. The van der Waals surface area contributed by atoms with Crippen molar-refractivity contribution in [3.63, 3.8) is 0 Å². The van der Waals surface area contributed by atoms with Crippen molar-refractivity contribution in [3.05, 3.63) is 23.3 Å². The summed E-state index contributed by atoms with van der Waals surface area (Å²) in [5.41, 5.74) is 2.00. The smallest absolute Gasteiger partial charge is 0.166 e. The van der Waals surface area contributed by atoms with Crippen LogP contribution in [-0.4, -0.2) is 17.3 Å². The van der Waals surface area contributed by atoms with Crippen LogP contribution in [0.5, 0.6) is 17.2 Å². The predicted molar refractivity (Wildman–Crippen MR) is 107 cm³/mol. The van der Waals surface area contributed by atoms with Gasteiger partial charge in [-0.2, -0.15) is 0 Å². The van der Waals surface area contributed by atoms with Crippen LogP contribution in [0.25, 0.3) is 5.03 Å². The first-order valence-corrected chi connectivity index (χ1v) is 10.00. The molecule has 1 aromatic rings. The Morgan fingerprint density at radius 2 is 1.85 bits per heavy atom. The normalized spacial score (nSPS) is 32.7. The van der Waals surface area contributed by atoms with E-state index in [-0.39, 0.29) is 28.1 Å². The number of benzene rings is 1. The summed E-state index contributed by atoms with van der Waals surface area (Å²) in [7, 11) is 1.48. The monoisotopic (exact) mass is 378 g/mol. The highest BCUT2D eigenvalue weighted by Gasteiger charge is 2.52. The summed E-state index contributed by atoms with van der Waals surface area (Å²) < 4.78 is 5.20. The van der Waals surface area contributed by atoms with Gasteiger partial charge in [0.15, 0.2) is 11.5 Å². The predicted octanol–water partition coefficient (Wildman–Crippen LogP) is 6.32. The number of halogens is 1. The fourth-order valence-electron chi connectivity index (χ4n) is 5.81. The molecule has 3 unspecified atom stereocenters. The average Bonchev–Trinajstić information content (AvgIpc) is 2.55. The van der Waals surface area contributed by atoms with Crippen molar-refractivity contribution in [2.45, 2.75) is 59.8 Å². The molecule has 0 amide bonds. The van der Waals surface area contributed by atoms with Gasteiger partial charge >= 0.3 is 0 Å². The third kappa shape index (κ3) is 2.98. The van der Waals surface area contributed by atoms with E-state index in [4.69, 9.17) is 16.3 Å². The molecule has 2 saturated carbocycles. The second-order valence-electron chi connectivity index (χ2n) is 9.06. The molecule has 0 spiro atoms. The molecule has 0 aromatic heterocycles. The Morgan fingerprint density at radius 1 is 1.15 bits per heavy atom. The first-order valence-electron chi connectivity index (χ1n) is 9.62. The second kappa shape index (κ2) is 6.67. The summed E-state index contributed by atoms with van der Waals surface area (Å²) in [6.45, 7) is 9.35. The van der Waals surface area contributed by atoms with Crippen molar-refractivity contribution in [1.29, 1.82) is 0 Å². The number of phenols is 2. The van der Waals surface area contributed by atoms with Crippen molar-refractivity contribution in [1.82, 2.24) is 0 Å². The molecular formula is C22H31ClO3. The number of ether oxygens (including phenoxy) is 1. The van der Waals surface area contributed by atoms with Crippen LogP contribution in [0, 0.1) is 22.7 Å². The summed E-state index contributed by atoms with van der Waals surface area (Å²) in [5.74, 6) is 1.21. The Labute approximate surface area is 162 Å². The number of fused-ring (bicyclic) bond motifs is 1. The summed E-state index contributed by atoms with van der Waals surface area (Å²) in [5, 5.41) is 21.3. The molecule has 2 N–H and O–H groups in total. The van der Waals surface area contributed by atoms with Crippen molar-refractivity contribution >= 4 is 16.6 Å². The lowest BCUT2D eigenvalue weighted by atomic mass is 9.48. The molecule has 3 rings (SSSR count). The number of allylic oxidation sites excluding steroid dienone is 1. The van der Waals surface area contributed by atoms with Gasteiger partial charge < -0.3 is 14.9 Å². The molecule has 1 aromatic carbocycles. The van der Waals surface area contributed by atoms with Crippen molar-refractivity contribution < 1.29 is 14.9 Å². The van der Waals surface area contributed by atoms with E-state index in [1.807, 2.05) is 0 Å². The minimum atomic E-state index is -0.00390. The second-order valence-corrected chi connectivity index (χ2v) is 9.44. The molecule has 2 aliphatic rings. The zero-order valence-corrected chi connectivity index (χ0v) is 17.3. The molecule has 0 bridgehead atoms. The maximum Gasteiger partial charge on any atom is 0.166 e. The van der Waals surface area contributed by atoms with E-state index in [2.05, 4.69) is 27.7 Å². The molecule has 3 nitrogen and oxygen atoms in total. The first kappa shape index (κ1) is 19.4. The number of hydrogen-bond donors (Lipinski definition) is 2. The van der Waals surface area contributed by atoms with Gasteiger partial charge in [0, 0.05) is 11.6 Å². The number of aromatic hydroxyl groups is 2. The fourth-order valence-corrected chi connectivity index (χ4v) is 6.35. The average molecular weight is 379 g/mol. The highest BCUT2D eigenvalue weighted by Crippen LogP contribution is 2.63. The van der Waals surface area contributed by atoms with Crippen LogP contribution < -0.4 is 4.74 Å². The molecule has 2 aliphatic carbocycles. The maximum absolute atomic E-state index is 10.6. The summed E-state index contributed by atoms with van der Waals surface area (Å²) in [6.07, 6.45) is 5.88. The Bertz CT molecular complexity index is 737. The van der Waals surface area contributed by atoms with Gasteiger partial charge in [0.1, 0.15) is 5.75 Å². The van der Waals surface area contributed by atoms with Crippen molar-refractivity contribution in [3.8, 4) is 17.2 Å². The van der Waals surface area contributed by atoms with E-state index in [0.717, 1.165) is 12.8 Å². The molecule has 0 radical (unpaired) electrons. The first-order chi connectivity index (χ1) is 12.1. The number of methoxy groups -OCH3 is 1. The maximum atomic E-state index is 10.6. The van der Waals surface area contributed by atoms with Crippen LogP contribution in [-0.2, 0) is 0 Å². The third-order valence-electron chi connectivity index (χ3n) is 6.98. The van der Waals surface area contributed by atoms with Crippen molar-refractivity contribution in [2.75, 3.05) is 7.11 Å². The van der Waals surface area contributed by atoms with Gasteiger partial charge in [0.25, 0.3) is 0 Å². The number of hydrogen-bond acceptors (Lipinski definition) is 3. The molecule has 3 atom stereocenters. The van der Waals surface area contributed by atoms with Crippen LogP contribution in [0.2, 0.25) is 0 Å². The van der Waals surface area contributed by atoms with Crippen LogP contribution >= 0.6 is 11.6 Å². The zero-order chi connectivity index (χ0) is 19.3. The van der Waals surface area contributed by atoms with E-state index >= 15 is 0 Å². The topological polar surface area (TPSA) is 49.7 Å². The largest absolute Gasteiger partial charge is 0.508 e. The molecule has 0 aliphatic heterocycles. The molecular weight excluding hydrogens is 348 g/mol. The van der Waals surface area contributed by atoms with E-state index in [1.54, 1.807) is 6.07 Å². The Balaban J connectivity index is 2.20. The summed E-state index contributed by atoms with van der Waals surface area (Å²) in [4.78, 5) is 0. The van der Waals surface area contributed by atoms with Gasteiger partial charge in [-0.3, -0.25) is 0 Å². The highest BCUT2D eigenvalue weighted by atomic mass is 35.5. The molecule has 0 saturated heterocycles. The number of phenolic OH excluding ortho intramolecular Hbond substituents is 2. The van der Waals surface area contributed by atoms with Gasteiger partial charge in [-0.1, -0.05) is 45.7 Å². The van der Waals surface area contributed by atoms with E-state index < -0.39 is 0 Å². The fraction of sp³-hybridized carbons (Fsp3) is 0.636. The van der Waals surface area contributed by atoms with Crippen LogP contribution in [0.4, 0.5) is 0 Å². The highest BCUT2D eigenvalue weighted by molar-refractivity contribution is 6.49. The number of rotatable bonds is 2. The van der Waals surface area contributed by atoms with Gasteiger partial charge in [-0.15, -0.1) is 0 Å². The van der Waals surface area contributed by atoms with Crippen LogP contribution in [0.3, 0.4) is 0 Å². The standard InChI is InChI=1S/C22H31ClO3/c1-13-7-8-17-21(2,3)9-6-10-22(17,4)18(13)19(23)15-11-14(24)12-16(26-5)20(15)25/h11-13,17,24-25H,6-10H2,1-5H3. The lowest BCUT2D eigenvalue weighted by Gasteiger charge is -2.56. The Kier molecular flexibility index (Phi) is 4.98. The van der Waals surface area contributed by atoms with E-state index in [9.17, 15) is 10.2 Å². The molecule has 144 valence electrons. The van der Waals surface area contributed by atoms with E-state index in [0.29, 0.717) is 22.4 Å². The minimum Gasteiger partial charge on any atom is -0.508 e. The minimum absolute atomic E-state index is 0.00390. The van der Waals surface area contributed by atoms with Gasteiger partial charge in [-0.25, -0.2) is 0 Å². The van der Waals surface area contributed by atoms with Gasteiger partial charge in [0.05, 0.1) is 12.1 Å². The van der Waals surface area contributed by atoms with Crippen LogP contribution in [0.1, 0.15) is 65.4 Å². The quantitative estimate of drug-likeness (QED) is 0.592. The SMILES string of the molecule is COc1cc(O)cc(C(Cl)=C2C(C)CCC3C(C)(C)CCCC23C)c1O. The summed E-state index contributed by atoms with van der Waals surface area (Å²) >= 11 is 6.94. The van der Waals surface area contributed by atoms with Crippen LogP contribution in [0.15, 0.2) is 17.7 Å². The molecule has 26 heavy (non-hydrogen) atoms. The molecule has 2 fully saturated rings. The van der Waals surface area contributed by atoms with E-state index in [1.165, 1.54) is 38.0 Å². The van der Waals surface area contributed by atoms with Gasteiger partial charge in [-0.05, 0) is 60.0 Å². The lowest BCUT2D eigenvalue weighted by Crippen LogP contribution is -2.47. The van der Waals surface area contributed by atoms with Gasteiger partial charge in [0.2, 0.25) is 0 Å². The zero-order valence-electron chi connectivity index (χ0n) is 16.5. The third-order valence-corrected chi connectivity index (χ3v) is 7.39.